The zero-order valence-corrected chi connectivity index (χ0v) is 16.8. The molecule has 10 nitrogen and oxygen atoms in total. The number of amides is 1. The summed E-state index contributed by atoms with van der Waals surface area (Å²) in [6.07, 6.45) is 4.72. The van der Waals surface area contributed by atoms with E-state index in [-0.39, 0.29) is 23.0 Å². The van der Waals surface area contributed by atoms with E-state index in [1.165, 1.54) is 27.6 Å². The van der Waals surface area contributed by atoms with Crippen molar-refractivity contribution in [3.05, 3.63) is 83.7 Å². The van der Waals surface area contributed by atoms with E-state index in [0.29, 0.717) is 24.4 Å². The molecule has 0 fully saturated rings. The summed E-state index contributed by atoms with van der Waals surface area (Å²) in [5.41, 5.74) is 2.44. The van der Waals surface area contributed by atoms with Gasteiger partial charge in [-0.25, -0.2) is 23.3 Å². The van der Waals surface area contributed by atoms with Gasteiger partial charge in [0, 0.05) is 24.9 Å². The van der Waals surface area contributed by atoms with Crippen molar-refractivity contribution < 1.29 is 18.0 Å². The molecule has 12 heteroatoms. The maximum Gasteiger partial charge on any atom is 0.312 e. The lowest BCUT2D eigenvalue weighted by Crippen LogP contribution is -2.41. The first-order chi connectivity index (χ1) is 16.1. The molecule has 0 unspecified atom stereocenters. The molecule has 6 rings (SSSR count). The van der Waals surface area contributed by atoms with E-state index in [4.69, 9.17) is 4.42 Å². The van der Waals surface area contributed by atoms with Gasteiger partial charge >= 0.3 is 11.8 Å². The summed E-state index contributed by atoms with van der Waals surface area (Å²) in [4.78, 5) is 26.3. The number of halogens is 2. The number of H-pyrrole nitrogens is 1. The third-order valence-corrected chi connectivity index (χ3v) is 5.49. The number of imidazole rings is 1. The van der Waals surface area contributed by atoms with Crippen LogP contribution in [0.25, 0.3) is 17.1 Å². The fourth-order valence-corrected chi connectivity index (χ4v) is 3.97. The van der Waals surface area contributed by atoms with E-state index in [1.54, 1.807) is 24.7 Å². The summed E-state index contributed by atoms with van der Waals surface area (Å²) in [5.74, 6) is -1.74. The number of nitrogens with one attached hydrogen (secondary N) is 1. The Morgan fingerprint density at radius 1 is 1.18 bits per heavy atom. The first-order valence-electron chi connectivity index (χ1n) is 10.0. The van der Waals surface area contributed by atoms with Crippen LogP contribution in [0.15, 0.2) is 53.5 Å². The van der Waals surface area contributed by atoms with E-state index >= 15 is 0 Å². The molecule has 0 radical (unpaired) electrons. The van der Waals surface area contributed by atoms with Gasteiger partial charge < -0.3 is 14.3 Å². The Balaban J connectivity index is 1.40. The van der Waals surface area contributed by atoms with Crippen molar-refractivity contribution in [3.63, 3.8) is 0 Å². The van der Waals surface area contributed by atoms with Crippen LogP contribution >= 0.6 is 0 Å². The second-order valence-electron chi connectivity index (χ2n) is 7.45. The molecule has 1 aliphatic rings. The van der Waals surface area contributed by atoms with Crippen LogP contribution in [0.4, 0.5) is 8.78 Å². The van der Waals surface area contributed by atoms with Crippen LogP contribution in [0.3, 0.4) is 0 Å². The van der Waals surface area contributed by atoms with Crippen LogP contribution in [-0.4, -0.2) is 52.1 Å². The largest absolute Gasteiger partial charge is 0.411 e. The van der Waals surface area contributed by atoms with Crippen molar-refractivity contribution in [2.24, 2.45) is 0 Å². The smallest absolute Gasteiger partial charge is 0.312 e. The molecule has 5 aromatic heterocycles. The molecule has 1 atom stereocenters. The first-order valence-corrected chi connectivity index (χ1v) is 10.0. The molecule has 0 saturated heterocycles. The van der Waals surface area contributed by atoms with Crippen molar-refractivity contribution in [2.75, 3.05) is 6.54 Å². The summed E-state index contributed by atoms with van der Waals surface area (Å²) >= 11 is 0. The fraction of sp³-hybridized carbons (Fsp3) is 0.143. The highest BCUT2D eigenvalue weighted by atomic mass is 19.1. The number of aromatic amines is 1. The third-order valence-electron chi connectivity index (χ3n) is 5.49. The van der Waals surface area contributed by atoms with E-state index in [0.717, 1.165) is 11.9 Å². The number of hydrogen-bond donors (Lipinski definition) is 1. The van der Waals surface area contributed by atoms with Crippen LogP contribution < -0.4 is 0 Å². The van der Waals surface area contributed by atoms with Gasteiger partial charge in [-0.05, 0) is 30.3 Å². The minimum absolute atomic E-state index is 0.0119. The lowest BCUT2D eigenvalue weighted by molar-refractivity contribution is 0.0646. The van der Waals surface area contributed by atoms with Gasteiger partial charge in [-0.1, -0.05) is 0 Å². The molecule has 164 valence electrons. The molecular weight excluding hydrogens is 434 g/mol. The quantitative estimate of drug-likeness (QED) is 0.451. The van der Waals surface area contributed by atoms with Gasteiger partial charge in [0.15, 0.2) is 0 Å². The summed E-state index contributed by atoms with van der Waals surface area (Å²) in [5, 5.41) is 12.2. The molecule has 1 amide bonds. The van der Waals surface area contributed by atoms with Gasteiger partial charge in [0.2, 0.25) is 0 Å². The van der Waals surface area contributed by atoms with Crippen LogP contribution in [0, 0.1) is 11.6 Å². The topological polar surface area (TPSA) is 118 Å². The Morgan fingerprint density at radius 3 is 2.91 bits per heavy atom. The Labute approximate surface area is 183 Å². The predicted octanol–water partition coefficient (Wildman–Crippen LogP) is 2.57. The summed E-state index contributed by atoms with van der Waals surface area (Å²) < 4.78 is 34.4. The van der Waals surface area contributed by atoms with Gasteiger partial charge in [0.1, 0.15) is 28.9 Å². The van der Waals surface area contributed by atoms with Crippen LogP contribution in [0.5, 0.6) is 0 Å². The van der Waals surface area contributed by atoms with Crippen LogP contribution in [-0.2, 0) is 6.42 Å². The number of pyridine rings is 2. The van der Waals surface area contributed by atoms with E-state index in [2.05, 4.69) is 30.2 Å². The summed E-state index contributed by atoms with van der Waals surface area (Å²) in [7, 11) is 0. The molecule has 6 heterocycles. The SMILES string of the molecule is O=C(c1nnc(-c2ccc(F)cn2)o1)N1CCc2[nH]cnc2[C@@H]1c1cc2c(F)cccn2n1. The van der Waals surface area contributed by atoms with Crippen LogP contribution in [0.1, 0.15) is 33.8 Å². The number of aromatic nitrogens is 7. The molecule has 5 aromatic rings. The van der Waals surface area contributed by atoms with Crippen molar-refractivity contribution in [1.29, 1.82) is 0 Å². The monoisotopic (exact) mass is 448 g/mol. The minimum atomic E-state index is -0.689. The van der Waals surface area contributed by atoms with Crippen LogP contribution in [0.2, 0.25) is 0 Å². The lowest BCUT2D eigenvalue weighted by atomic mass is 9.99. The van der Waals surface area contributed by atoms with Gasteiger partial charge in [0.25, 0.3) is 5.89 Å². The number of carbonyl (C=O) groups excluding carboxylic acids is 1. The predicted molar refractivity (Wildman–Crippen MR) is 108 cm³/mol. The van der Waals surface area contributed by atoms with E-state index < -0.39 is 23.6 Å². The molecule has 0 aromatic carbocycles. The number of carbonyl (C=O) groups is 1. The van der Waals surface area contributed by atoms with E-state index in [9.17, 15) is 13.6 Å². The maximum atomic E-state index is 14.3. The highest BCUT2D eigenvalue weighted by Gasteiger charge is 2.38. The Kier molecular flexibility index (Phi) is 4.25. The molecule has 0 spiro atoms. The molecule has 33 heavy (non-hydrogen) atoms. The van der Waals surface area contributed by atoms with Crippen molar-refractivity contribution in [1.82, 2.24) is 39.7 Å². The fourth-order valence-electron chi connectivity index (χ4n) is 3.97. The normalized spacial score (nSPS) is 15.7. The second-order valence-corrected chi connectivity index (χ2v) is 7.45. The standard InChI is InChI=1S/C21H14F2N8O2/c22-11-3-4-14(24-9-11)19-27-28-20(33-19)21(32)30-7-5-13-17(26-10-25-13)18(30)15-8-16-12(23)2-1-6-31(16)29-15/h1-4,6,8-10,18H,5,7H2,(H,25,26)/t18-/m0/s1. The molecular formula is C21H14F2N8O2. The van der Waals surface area contributed by atoms with Crippen molar-refractivity contribution >= 4 is 11.4 Å². The Hall–Kier alpha value is -4.48. The number of rotatable bonds is 3. The zero-order valence-electron chi connectivity index (χ0n) is 16.8. The van der Waals surface area contributed by atoms with Gasteiger partial charge in [0.05, 0.1) is 23.9 Å². The summed E-state index contributed by atoms with van der Waals surface area (Å²) in [6.45, 7) is 0.321. The highest BCUT2D eigenvalue weighted by Crippen LogP contribution is 2.34. The molecule has 0 aliphatic carbocycles. The van der Waals surface area contributed by atoms with Gasteiger partial charge in [-0.2, -0.15) is 5.10 Å². The minimum Gasteiger partial charge on any atom is -0.411 e. The highest BCUT2D eigenvalue weighted by molar-refractivity contribution is 5.90. The Morgan fingerprint density at radius 2 is 2.09 bits per heavy atom. The second kappa shape index (κ2) is 7.29. The summed E-state index contributed by atoms with van der Waals surface area (Å²) in [6, 6.07) is 6.37. The molecule has 0 saturated carbocycles. The number of fused-ring (bicyclic) bond motifs is 2. The zero-order chi connectivity index (χ0) is 22.5. The molecule has 1 aliphatic heterocycles. The van der Waals surface area contributed by atoms with Crippen molar-refractivity contribution in [2.45, 2.75) is 12.5 Å². The Bertz CT molecular complexity index is 1490. The van der Waals surface area contributed by atoms with E-state index in [1.807, 2.05) is 0 Å². The average Bonchev–Trinajstić information content (AvgIpc) is 3.57. The first kappa shape index (κ1) is 19.2. The molecule has 1 N–H and O–H groups in total. The van der Waals surface area contributed by atoms with Crippen molar-refractivity contribution in [3.8, 4) is 11.6 Å². The van der Waals surface area contributed by atoms with Gasteiger partial charge in [-0.15, -0.1) is 10.2 Å². The lowest BCUT2D eigenvalue weighted by Gasteiger charge is -2.32. The molecule has 0 bridgehead atoms. The average molecular weight is 448 g/mol. The third kappa shape index (κ3) is 3.14. The van der Waals surface area contributed by atoms with Gasteiger partial charge in [-0.3, -0.25) is 4.79 Å². The number of hydrogen-bond acceptors (Lipinski definition) is 7. The maximum absolute atomic E-state index is 14.3. The number of nitrogens with zero attached hydrogens (tertiary/aromatic N) is 7.